The molecule has 0 heterocycles. The van der Waals surface area contributed by atoms with Crippen molar-refractivity contribution >= 4 is 28.1 Å². The molecule has 0 aliphatic heterocycles. The molecule has 138 valence electrons. The Morgan fingerprint density at radius 3 is 2.52 bits per heavy atom. The summed E-state index contributed by atoms with van der Waals surface area (Å²) in [4.78, 5) is 13.6. The molecule has 1 aromatic rings. The Labute approximate surface area is 159 Å². The number of halogens is 1. The van der Waals surface area contributed by atoms with Gasteiger partial charge < -0.3 is 9.84 Å². The van der Waals surface area contributed by atoms with E-state index in [9.17, 15) is 9.90 Å². The zero-order chi connectivity index (χ0) is 18.8. The molecule has 1 aliphatic carbocycles. The lowest BCUT2D eigenvalue weighted by Gasteiger charge is -2.39. The summed E-state index contributed by atoms with van der Waals surface area (Å²) in [6.45, 7) is 9.37. The molecule has 0 bridgehead atoms. The van der Waals surface area contributed by atoms with Crippen LogP contribution in [0, 0.1) is 12.3 Å². The number of nitrogens with zero attached hydrogens (tertiary/aromatic N) is 1. The number of hydrogen-bond donors (Lipinski definition) is 1. The monoisotopic (exact) mass is 409 g/mol. The second-order valence-electron chi connectivity index (χ2n) is 7.80. The van der Waals surface area contributed by atoms with Crippen LogP contribution in [0.25, 0.3) is 6.08 Å². The predicted octanol–water partition coefficient (Wildman–Crippen LogP) is 5.48. The molecule has 0 saturated heterocycles. The van der Waals surface area contributed by atoms with Crippen LogP contribution >= 0.6 is 15.9 Å². The normalized spacial score (nSPS) is 16.2. The summed E-state index contributed by atoms with van der Waals surface area (Å²) in [7, 11) is 1.66. The van der Waals surface area contributed by atoms with Crippen molar-refractivity contribution in [2.24, 2.45) is 5.41 Å². The van der Waals surface area contributed by atoms with Crippen molar-refractivity contribution in [2.45, 2.75) is 52.6 Å². The van der Waals surface area contributed by atoms with E-state index in [4.69, 9.17) is 4.74 Å². The molecule has 0 unspecified atom stereocenters. The lowest BCUT2D eigenvalue weighted by atomic mass is 9.82. The number of hydrogen-bond acceptors (Lipinski definition) is 2. The van der Waals surface area contributed by atoms with Gasteiger partial charge in [0.15, 0.2) is 0 Å². The van der Waals surface area contributed by atoms with E-state index >= 15 is 0 Å². The third-order valence-corrected chi connectivity index (χ3v) is 6.04. The molecule has 1 saturated carbocycles. The van der Waals surface area contributed by atoms with Crippen molar-refractivity contribution < 1.29 is 14.6 Å². The highest BCUT2D eigenvalue weighted by atomic mass is 79.9. The number of amides is 1. The van der Waals surface area contributed by atoms with E-state index in [0.29, 0.717) is 13.2 Å². The summed E-state index contributed by atoms with van der Waals surface area (Å²) >= 11 is 3.61. The van der Waals surface area contributed by atoms with Crippen molar-refractivity contribution in [3.8, 4) is 0 Å². The molecule has 1 amide bonds. The zero-order valence-electron chi connectivity index (χ0n) is 15.7. The van der Waals surface area contributed by atoms with Gasteiger partial charge in [-0.3, -0.25) is 4.90 Å². The molecule has 0 spiro atoms. The number of benzene rings is 1. The number of rotatable bonds is 6. The summed E-state index contributed by atoms with van der Waals surface area (Å²) < 4.78 is 6.06. The highest BCUT2D eigenvalue weighted by molar-refractivity contribution is 9.10. The largest absolute Gasteiger partial charge is 0.465 e. The molecule has 5 heteroatoms. The predicted molar refractivity (Wildman–Crippen MR) is 105 cm³/mol. The number of carbonyl (C=O) groups is 1. The number of methoxy groups -OCH3 is 1. The molecule has 1 fully saturated rings. The van der Waals surface area contributed by atoms with Crippen LogP contribution in [0.5, 0.6) is 0 Å². The van der Waals surface area contributed by atoms with E-state index in [-0.39, 0.29) is 11.0 Å². The maximum absolute atomic E-state index is 12.0. The Morgan fingerprint density at radius 2 is 2.04 bits per heavy atom. The van der Waals surface area contributed by atoms with E-state index in [1.54, 1.807) is 12.0 Å². The first kappa shape index (κ1) is 20.0. The van der Waals surface area contributed by atoms with E-state index in [1.165, 1.54) is 0 Å². The van der Waals surface area contributed by atoms with Gasteiger partial charge in [0, 0.05) is 18.1 Å². The van der Waals surface area contributed by atoms with Gasteiger partial charge in [0.1, 0.15) is 0 Å². The van der Waals surface area contributed by atoms with Crippen LogP contribution in [0.1, 0.15) is 50.3 Å². The highest BCUT2D eigenvalue weighted by Gasteiger charge is 2.57. The lowest BCUT2D eigenvalue weighted by molar-refractivity contribution is 0.0630. The Balaban J connectivity index is 2.33. The molecular weight excluding hydrogens is 382 g/mol. The van der Waals surface area contributed by atoms with E-state index in [1.807, 2.05) is 25.1 Å². The summed E-state index contributed by atoms with van der Waals surface area (Å²) in [5, 5.41) is 9.82. The van der Waals surface area contributed by atoms with Gasteiger partial charge in [-0.2, -0.15) is 0 Å². The van der Waals surface area contributed by atoms with E-state index in [0.717, 1.165) is 34.0 Å². The molecule has 2 rings (SSSR count). The smallest absolute Gasteiger partial charge is 0.408 e. The molecular formula is C20H28BrNO3. The molecule has 0 atom stereocenters. The van der Waals surface area contributed by atoms with Crippen molar-refractivity contribution in [1.82, 2.24) is 4.90 Å². The minimum absolute atomic E-state index is 0.0749. The third-order valence-electron chi connectivity index (χ3n) is 5.21. The van der Waals surface area contributed by atoms with Crippen LogP contribution in [0.3, 0.4) is 0 Å². The van der Waals surface area contributed by atoms with E-state index in [2.05, 4.69) is 42.8 Å². The van der Waals surface area contributed by atoms with Crippen LogP contribution < -0.4 is 0 Å². The summed E-state index contributed by atoms with van der Waals surface area (Å²) in [5.41, 5.74) is 2.87. The lowest BCUT2D eigenvalue weighted by Crippen LogP contribution is -2.48. The van der Waals surface area contributed by atoms with Gasteiger partial charge in [0.2, 0.25) is 0 Å². The first-order valence-corrected chi connectivity index (χ1v) is 9.37. The zero-order valence-corrected chi connectivity index (χ0v) is 17.3. The average molecular weight is 410 g/mol. The summed E-state index contributed by atoms with van der Waals surface area (Å²) in [6.07, 6.45) is 4.99. The third kappa shape index (κ3) is 4.26. The van der Waals surface area contributed by atoms with Crippen LogP contribution in [-0.2, 0) is 11.3 Å². The minimum atomic E-state index is -0.847. The van der Waals surface area contributed by atoms with Gasteiger partial charge in [-0.1, -0.05) is 48.9 Å². The SMILES string of the molecule is COCC=Cc1cc(CN(C(=O)O)C2(C(C)(C)C)CC2)cc(Br)c1C. The van der Waals surface area contributed by atoms with Crippen molar-refractivity contribution in [2.75, 3.05) is 13.7 Å². The molecule has 1 N–H and O–H groups in total. The van der Waals surface area contributed by atoms with Crippen LogP contribution in [-0.4, -0.2) is 35.4 Å². The first-order valence-electron chi connectivity index (χ1n) is 8.57. The Kier molecular flexibility index (Phi) is 6.00. The van der Waals surface area contributed by atoms with Crippen molar-refractivity contribution in [1.29, 1.82) is 0 Å². The number of carboxylic acid groups (broad SMARTS) is 1. The van der Waals surface area contributed by atoms with Gasteiger partial charge in [-0.25, -0.2) is 4.79 Å². The van der Waals surface area contributed by atoms with Crippen LogP contribution in [0.2, 0.25) is 0 Å². The maximum Gasteiger partial charge on any atom is 0.408 e. The number of ether oxygens (including phenoxy) is 1. The fourth-order valence-electron chi connectivity index (χ4n) is 3.42. The molecule has 0 radical (unpaired) electrons. The quantitative estimate of drug-likeness (QED) is 0.676. The maximum atomic E-state index is 12.0. The molecule has 1 aliphatic rings. The Morgan fingerprint density at radius 1 is 1.40 bits per heavy atom. The van der Waals surface area contributed by atoms with Gasteiger partial charge in [0.05, 0.1) is 12.1 Å². The molecule has 1 aromatic carbocycles. The van der Waals surface area contributed by atoms with Gasteiger partial charge in [-0.15, -0.1) is 0 Å². The topological polar surface area (TPSA) is 49.8 Å². The summed E-state index contributed by atoms with van der Waals surface area (Å²) in [6, 6.07) is 4.10. The van der Waals surface area contributed by atoms with Gasteiger partial charge in [0.25, 0.3) is 0 Å². The first-order chi connectivity index (χ1) is 11.6. The minimum Gasteiger partial charge on any atom is -0.465 e. The van der Waals surface area contributed by atoms with Crippen molar-refractivity contribution in [3.05, 3.63) is 39.4 Å². The van der Waals surface area contributed by atoms with Gasteiger partial charge in [-0.05, 0) is 54.0 Å². The highest BCUT2D eigenvalue weighted by Crippen LogP contribution is 2.54. The second-order valence-corrected chi connectivity index (χ2v) is 8.65. The fourth-order valence-corrected chi connectivity index (χ4v) is 3.95. The Hall–Kier alpha value is -1.33. The van der Waals surface area contributed by atoms with E-state index < -0.39 is 6.09 Å². The standard InChI is InChI=1S/C20H28BrNO3/c1-14-16(7-6-10-25-5)11-15(12-17(14)21)13-22(18(23)24)20(8-9-20)19(2,3)4/h6-7,11-12H,8-10,13H2,1-5H3,(H,23,24). The molecule has 25 heavy (non-hydrogen) atoms. The van der Waals surface area contributed by atoms with Gasteiger partial charge >= 0.3 is 6.09 Å². The Bertz CT molecular complexity index is 672. The summed E-state index contributed by atoms with van der Waals surface area (Å²) in [5.74, 6) is 0. The average Bonchev–Trinajstić information content (AvgIpc) is 3.30. The molecule has 0 aromatic heterocycles. The van der Waals surface area contributed by atoms with Crippen molar-refractivity contribution in [3.63, 3.8) is 0 Å². The fraction of sp³-hybridized carbons (Fsp3) is 0.550. The van der Waals surface area contributed by atoms with Crippen LogP contribution in [0.15, 0.2) is 22.7 Å². The second kappa shape index (κ2) is 7.50. The molecule has 4 nitrogen and oxygen atoms in total. The van der Waals surface area contributed by atoms with Crippen LogP contribution in [0.4, 0.5) is 4.79 Å².